The monoisotopic (exact) mass is 267 g/mol. The average molecular weight is 267 g/mol. The van der Waals surface area contributed by atoms with Crippen molar-refractivity contribution in [2.75, 3.05) is 39.3 Å². The van der Waals surface area contributed by atoms with E-state index in [1.807, 2.05) is 0 Å². The van der Waals surface area contributed by atoms with Crippen molar-refractivity contribution in [2.24, 2.45) is 5.92 Å². The Morgan fingerprint density at radius 2 is 1.63 bits per heavy atom. The van der Waals surface area contributed by atoms with Gasteiger partial charge in [-0.05, 0) is 84.7 Å². The van der Waals surface area contributed by atoms with Gasteiger partial charge < -0.3 is 15.1 Å². The zero-order valence-electron chi connectivity index (χ0n) is 13.2. The first kappa shape index (κ1) is 15.3. The van der Waals surface area contributed by atoms with Crippen LogP contribution in [0, 0.1) is 5.92 Å². The van der Waals surface area contributed by atoms with Crippen molar-refractivity contribution < 1.29 is 0 Å². The molecule has 0 aromatic rings. The highest BCUT2D eigenvalue weighted by Gasteiger charge is 2.28. The van der Waals surface area contributed by atoms with Crippen LogP contribution in [-0.4, -0.2) is 61.2 Å². The Balaban J connectivity index is 1.68. The second-order valence-corrected chi connectivity index (χ2v) is 6.65. The standard InChI is InChI=1S/C16H33N3/c1-4-17-13-15-5-9-19(10-6-15)16-7-11-18(12-8-16)14(2)3/h14-17H,4-13H2,1-3H3. The van der Waals surface area contributed by atoms with Crippen molar-refractivity contribution >= 4 is 0 Å². The zero-order chi connectivity index (χ0) is 13.7. The van der Waals surface area contributed by atoms with Crippen molar-refractivity contribution in [3.8, 4) is 0 Å². The van der Waals surface area contributed by atoms with E-state index in [1.165, 1.54) is 58.4 Å². The molecular weight excluding hydrogens is 234 g/mol. The molecule has 3 heteroatoms. The van der Waals surface area contributed by atoms with Gasteiger partial charge in [0.05, 0.1) is 0 Å². The topological polar surface area (TPSA) is 18.5 Å². The number of nitrogens with one attached hydrogen (secondary N) is 1. The third-order valence-electron chi connectivity index (χ3n) is 5.08. The van der Waals surface area contributed by atoms with Gasteiger partial charge in [-0.3, -0.25) is 0 Å². The molecule has 112 valence electrons. The first-order chi connectivity index (χ1) is 9.20. The van der Waals surface area contributed by atoms with E-state index >= 15 is 0 Å². The van der Waals surface area contributed by atoms with Gasteiger partial charge in [0.1, 0.15) is 0 Å². The Kier molecular flexibility index (Phi) is 6.11. The van der Waals surface area contributed by atoms with Gasteiger partial charge in [0.25, 0.3) is 0 Å². The lowest BCUT2D eigenvalue weighted by Gasteiger charge is -2.42. The van der Waals surface area contributed by atoms with Gasteiger partial charge >= 0.3 is 0 Å². The predicted octanol–water partition coefficient (Wildman–Crippen LogP) is 2.18. The van der Waals surface area contributed by atoms with Gasteiger partial charge in [0, 0.05) is 12.1 Å². The summed E-state index contributed by atoms with van der Waals surface area (Å²) in [6.07, 6.45) is 5.57. The molecule has 0 aromatic heterocycles. The molecule has 0 radical (unpaired) electrons. The largest absolute Gasteiger partial charge is 0.317 e. The Morgan fingerprint density at radius 1 is 1.00 bits per heavy atom. The summed E-state index contributed by atoms with van der Waals surface area (Å²) in [4.78, 5) is 5.41. The van der Waals surface area contributed by atoms with Crippen LogP contribution < -0.4 is 5.32 Å². The molecule has 2 fully saturated rings. The number of likely N-dealkylation sites (tertiary alicyclic amines) is 2. The fourth-order valence-electron chi connectivity index (χ4n) is 3.64. The van der Waals surface area contributed by atoms with E-state index in [9.17, 15) is 0 Å². The zero-order valence-corrected chi connectivity index (χ0v) is 13.2. The number of piperidine rings is 2. The van der Waals surface area contributed by atoms with Crippen molar-refractivity contribution in [1.82, 2.24) is 15.1 Å². The minimum atomic E-state index is 0.729. The summed E-state index contributed by atoms with van der Waals surface area (Å²) in [5, 5.41) is 3.51. The molecule has 2 saturated heterocycles. The van der Waals surface area contributed by atoms with Crippen molar-refractivity contribution in [3.63, 3.8) is 0 Å². The van der Waals surface area contributed by atoms with Crippen LogP contribution in [0.5, 0.6) is 0 Å². The molecule has 19 heavy (non-hydrogen) atoms. The Hall–Kier alpha value is -0.120. The summed E-state index contributed by atoms with van der Waals surface area (Å²) in [7, 11) is 0. The third-order valence-corrected chi connectivity index (χ3v) is 5.08. The quantitative estimate of drug-likeness (QED) is 0.824. The van der Waals surface area contributed by atoms with Crippen LogP contribution >= 0.6 is 0 Å². The summed E-state index contributed by atoms with van der Waals surface area (Å²) >= 11 is 0. The predicted molar refractivity (Wildman–Crippen MR) is 82.6 cm³/mol. The first-order valence-electron chi connectivity index (χ1n) is 8.39. The van der Waals surface area contributed by atoms with Crippen LogP contribution in [-0.2, 0) is 0 Å². The molecule has 0 saturated carbocycles. The molecule has 2 aliphatic heterocycles. The first-order valence-corrected chi connectivity index (χ1v) is 8.39. The lowest BCUT2D eigenvalue weighted by molar-refractivity contribution is 0.0673. The van der Waals surface area contributed by atoms with Gasteiger partial charge in [-0.1, -0.05) is 6.92 Å². The van der Waals surface area contributed by atoms with Crippen LogP contribution in [0.2, 0.25) is 0 Å². The van der Waals surface area contributed by atoms with E-state index in [0.29, 0.717) is 0 Å². The third kappa shape index (κ3) is 4.44. The summed E-state index contributed by atoms with van der Waals surface area (Å²) in [6, 6.07) is 1.60. The Morgan fingerprint density at radius 3 is 2.16 bits per heavy atom. The maximum absolute atomic E-state index is 3.51. The molecule has 2 heterocycles. The number of hydrogen-bond acceptors (Lipinski definition) is 3. The fraction of sp³-hybridized carbons (Fsp3) is 1.00. The minimum absolute atomic E-state index is 0.729. The molecule has 0 atom stereocenters. The van der Waals surface area contributed by atoms with Gasteiger partial charge in [-0.15, -0.1) is 0 Å². The summed E-state index contributed by atoms with van der Waals surface area (Å²) < 4.78 is 0. The summed E-state index contributed by atoms with van der Waals surface area (Å²) in [5.74, 6) is 0.923. The summed E-state index contributed by atoms with van der Waals surface area (Å²) in [5.41, 5.74) is 0. The maximum Gasteiger partial charge on any atom is 0.0120 e. The van der Waals surface area contributed by atoms with Crippen LogP contribution in [0.15, 0.2) is 0 Å². The molecular formula is C16H33N3. The van der Waals surface area contributed by atoms with Crippen LogP contribution in [0.25, 0.3) is 0 Å². The van der Waals surface area contributed by atoms with Gasteiger partial charge in [0.15, 0.2) is 0 Å². The molecule has 0 amide bonds. The van der Waals surface area contributed by atoms with Crippen molar-refractivity contribution in [3.05, 3.63) is 0 Å². The van der Waals surface area contributed by atoms with E-state index < -0.39 is 0 Å². The molecule has 3 nitrogen and oxygen atoms in total. The second kappa shape index (κ2) is 7.61. The van der Waals surface area contributed by atoms with Gasteiger partial charge in [-0.2, -0.15) is 0 Å². The van der Waals surface area contributed by atoms with E-state index in [1.54, 1.807) is 0 Å². The molecule has 0 bridgehead atoms. The lowest BCUT2D eigenvalue weighted by Crippen LogP contribution is -2.49. The normalized spacial score (nSPS) is 25.3. The highest BCUT2D eigenvalue weighted by atomic mass is 15.2. The summed E-state index contributed by atoms with van der Waals surface area (Å²) in [6.45, 7) is 14.5. The van der Waals surface area contributed by atoms with E-state index in [-0.39, 0.29) is 0 Å². The molecule has 0 spiro atoms. The molecule has 1 N–H and O–H groups in total. The van der Waals surface area contributed by atoms with Crippen LogP contribution in [0.3, 0.4) is 0 Å². The average Bonchev–Trinajstić information content (AvgIpc) is 2.46. The maximum atomic E-state index is 3.51. The van der Waals surface area contributed by atoms with E-state index in [0.717, 1.165) is 24.5 Å². The minimum Gasteiger partial charge on any atom is -0.317 e. The smallest absolute Gasteiger partial charge is 0.0120 e. The number of nitrogens with zero attached hydrogens (tertiary/aromatic N) is 2. The van der Waals surface area contributed by atoms with Gasteiger partial charge in [0.2, 0.25) is 0 Å². The number of hydrogen-bond donors (Lipinski definition) is 1. The SMILES string of the molecule is CCNCC1CCN(C2CCN(C(C)C)CC2)CC1. The van der Waals surface area contributed by atoms with Crippen molar-refractivity contribution in [1.29, 1.82) is 0 Å². The highest BCUT2D eigenvalue weighted by Crippen LogP contribution is 2.24. The molecule has 2 aliphatic rings. The molecule has 0 aliphatic carbocycles. The Bertz CT molecular complexity index is 238. The van der Waals surface area contributed by atoms with E-state index in [2.05, 4.69) is 35.9 Å². The fourth-order valence-corrected chi connectivity index (χ4v) is 3.64. The number of rotatable bonds is 5. The molecule has 2 rings (SSSR count). The van der Waals surface area contributed by atoms with Crippen LogP contribution in [0.4, 0.5) is 0 Å². The molecule has 0 unspecified atom stereocenters. The van der Waals surface area contributed by atoms with Crippen molar-refractivity contribution in [2.45, 2.75) is 58.5 Å². The second-order valence-electron chi connectivity index (χ2n) is 6.65. The highest BCUT2D eigenvalue weighted by molar-refractivity contribution is 4.84. The molecule has 0 aromatic carbocycles. The van der Waals surface area contributed by atoms with Gasteiger partial charge in [-0.25, -0.2) is 0 Å². The van der Waals surface area contributed by atoms with Crippen LogP contribution in [0.1, 0.15) is 46.5 Å². The Labute approximate surface area is 119 Å². The lowest BCUT2D eigenvalue weighted by atomic mass is 9.93. The van der Waals surface area contributed by atoms with E-state index in [4.69, 9.17) is 0 Å².